The Bertz CT molecular complexity index is 346. The number of imide groups is 1. The highest BCUT2D eigenvalue weighted by Crippen LogP contribution is 2.28. The number of amides is 2. The van der Waals surface area contributed by atoms with Crippen molar-refractivity contribution >= 4 is 17.8 Å². The standard InChI is InChI=1S/C12H17NO4/c1-8(14)17-10-7-11(15)13(12(10)16)9-5-3-2-4-6-9/h9-10H,2-7H2,1H3. The second kappa shape index (κ2) is 4.85. The Morgan fingerprint density at radius 2 is 1.88 bits per heavy atom. The largest absolute Gasteiger partial charge is 0.452 e. The third-order valence-electron chi connectivity index (χ3n) is 3.39. The van der Waals surface area contributed by atoms with Crippen molar-refractivity contribution in [3.05, 3.63) is 0 Å². The highest BCUT2D eigenvalue weighted by atomic mass is 16.5. The summed E-state index contributed by atoms with van der Waals surface area (Å²) >= 11 is 0. The Labute approximate surface area is 100 Å². The molecule has 2 fully saturated rings. The number of hydrogen-bond acceptors (Lipinski definition) is 4. The van der Waals surface area contributed by atoms with E-state index in [9.17, 15) is 14.4 Å². The van der Waals surface area contributed by atoms with E-state index in [0.29, 0.717) is 0 Å². The minimum Gasteiger partial charge on any atom is -0.452 e. The van der Waals surface area contributed by atoms with Gasteiger partial charge in [0.1, 0.15) is 0 Å². The third-order valence-corrected chi connectivity index (χ3v) is 3.39. The lowest BCUT2D eigenvalue weighted by Crippen LogP contribution is -2.42. The number of nitrogens with zero attached hydrogens (tertiary/aromatic N) is 1. The van der Waals surface area contributed by atoms with Gasteiger partial charge in [-0.3, -0.25) is 19.3 Å². The smallest absolute Gasteiger partial charge is 0.303 e. The molecule has 2 rings (SSSR count). The molecule has 94 valence electrons. The molecule has 0 aromatic carbocycles. The SMILES string of the molecule is CC(=O)OC1CC(=O)N(C2CCCCC2)C1=O. The van der Waals surface area contributed by atoms with Gasteiger partial charge in [-0.15, -0.1) is 0 Å². The van der Waals surface area contributed by atoms with E-state index >= 15 is 0 Å². The lowest BCUT2D eigenvalue weighted by Gasteiger charge is -2.29. The van der Waals surface area contributed by atoms with Crippen LogP contribution < -0.4 is 0 Å². The molecule has 0 spiro atoms. The lowest BCUT2D eigenvalue weighted by atomic mass is 9.94. The molecule has 1 heterocycles. The second-order valence-electron chi connectivity index (χ2n) is 4.70. The molecule has 2 aliphatic rings. The molecule has 0 bridgehead atoms. The fourth-order valence-electron chi connectivity index (χ4n) is 2.64. The molecule has 1 saturated heterocycles. The van der Waals surface area contributed by atoms with Gasteiger partial charge in [0.25, 0.3) is 5.91 Å². The molecule has 0 aromatic heterocycles. The van der Waals surface area contributed by atoms with Crippen molar-refractivity contribution in [2.45, 2.75) is 57.6 Å². The van der Waals surface area contributed by atoms with E-state index in [4.69, 9.17) is 4.74 Å². The molecule has 2 amide bonds. The van der Waals surface area contributed by atoms with Crippen LogP contribution in [0, 0.1) is 0 Å². The van der Waals surface area contributed by atoms with Crippen molar-refractivity contribution in [3.8, 4) is 0 Å². The zero-order chi connectivity index (χ0) is 12.4. The Hall–Kier alpha value is -1.39. The van der Waals surface area contributed by atoms with Crippen LogP contribution in [0.25, 0.3) is 0 Å². The number of carbonyl (C=O) groups excluding carboxylic acids is 3. The van der Waals surface area contributed by atoms with Crippen LogP contribution in [-0.4, -0.2) is 34.8 Å². The molecule has 1 saturated carbocycles. The first-order valence-electron chi connectivity index (χ1n) is 6.12. The van der Waals surface area contributed by atoms with Gasteiger partial charge in [-0.1, -0.05) is 19.3 Å². The van der Waals surface area contributed by atoms with Crippen molar-refractivity contribution in [3.63, 3.8) is 0 Å². The van der Waals surface area contributed by atoms with Gasteiger partial charge < -0.3 is 4.74 Å². The average molecular weight is 239 g/mol. The van der Waals surface area contributed by atoms with E-state index in [1.807, 2.05) is 0 Å². The summed E-state index contributed by atoms with van der Waals surface area (Å²) in [5, 5.41) is 0. The van der Waals surface area contributed by atoms with Crippen LogP contribution in [0.3, 0.4) is 0 Å². The Balaban J connectivity index is 2.05. The Morgan fingerprint density at radius 1 is 1.24 bits per heavy atom. The average Bonchev–Trinajstić information content (AvgIpc) is 2.54. The first kappa shape index (κ1) is 12.1. The number of likely N-dealkylation sites (tertiary alicyclic amines) is 1. The van der Waals surface area contributed by atoms with Crippen LogP contribution in [-0.2, 0) is 19.1 Å². The van der Waals surface area contributed by atoms with E-state index < -0.39 is 12.1 Å². The van der Waals surface area contributed by atoms with Crippen LogP contribution in [0.1, 0.15) is 45.4 Å². The predicted molar refractivity (Wildman–Crippen MR) is 58.9 cm³/mol. The zero-order valence-electron chi connectivity index (χ0n) is 9.98. The molecule has 0 N–H and O–H groups in total. The van der Waals surface area contributed by atoms with E-state index in [-0.39, 0.29) is 24.3 Å². The van der Waals surface area contributed by atoms with Crippen molar-refractivity contribution in [2.75, 3.05) is 0 Å². The first-order chi connectivity index (χ1) is 8.09. The molecular weight excluding hydrogens is 222 g/mol. The number of hydrogen-bond donors (Lipinski definition) is 0. The summed E-state index contributed by atoms with van der Waals surface area (Å²) in [6.45, 7) is 1.25. The van der Waals surface area contributed by atoms with Crippen LogP contribution in [0.4, 0.5) is 0 Å². The molecule has 0 radical (unpaired) electrons. The van der Waals surface area contributed by atoms with E-state index in [0.717, 1.165) is 25.7 Å². The van der Waals surface area contributed by atoms with Gasteiger partial charge in [-0.05, 0) is 12.8 Å². The molecule has 0 aromatic rings. The normalized spacial score (nSPS) is 26.4. The minimum absolute atomic E-state index is 0.00884. The maximum atomic E-state index is 12.0. The summed E-state index contributed by atoms with van der Waals surface area (Å²) in [5.41, 5.74) is 0. The van der Waals surface area contributed by atoms with E-state index in [2.05, 4.69) is 0 Å². The fourth-order valence-corrected chi connectivity index (χ4v) is 2.64. The molecule has 1 aliphatic carbocycles. The molecule has 1 unspecified atom stereocenters. The van der Waals surface area contributed by atoms with Crippen molar-refractivity contribution < 1.29 is 19.1 Å². The van der Waals surface area contributed by atoms with Gasteiger partial charge in [0.05, 0.1) is 6.42 Å². The van der Waals surface area contributed by atoms with E-state index in [1.165, 1.54) is 18.2 Å². The topological polar surface area (TPSA) is 63.7 Å². The van der Waals surface area contributed by atoms with Gasteiger partial charge in [0, 0.05) is 13.0 Å². The van der Waals surface area contributed by atoms with E-state index in [1.54, 1.807) is 0 Å². The summed E-state index contributed by atoms with van der Waals surface area (Å²) in [4.78, 5) is 35.9. The zero-order valence-corrected chi connectivity index (χ0v) is 9.98. The lowest BCUT2D eigenvalue weighted by molar-refractivity contribution is -0.155. The van der Waals surface area contributed by atoms with Gasteiger partial charge in [-0.2, -0.15) is 0 Å². The molecule has 1 aliphatic heterocycles. The summed E-state index contributed by atoms with van der Waals surface area (Å²) in [6.07, 6.45) is 4.16. The number of esters is 1. The van der Waals surface area contributed by atoms with Crippen molar-refractivity contribution in [1.82, 2.24) is 4.90 Å². The first-order valence-corrected chi connectivity index (χ1v) is 6.12. The minimum atomic E-state index is -0.887. The van der Waals surface area contributed by atoms with Crippen LogP contribution in [0.2, 0.25) is 0 Å². The van der Waals surface area contributed by atoms with Crippen LogP contribution in [0.15, 0.2) is 0 Å². The second-order valence-corrected chi connectivity index (χ2v) is 4.70. The molecule has 5 heteroatoms. The maximum Gasteiger partial charge on any atom is 0.303 e. The summed E-state index contributed by atoms with van der Waals surface area (Å²) < 4.78 is 4.86. The van der Waals surface area contributed by atoms with Gasteiger partial charge in [-0.25, -0.2) is 0 Å². The molecule has 5 nitrogen and oxygen atoms in total. The highest BCUT2D eigenvalue weighted by molar-refractivity contribution is 6.05. The van der Waals surface area contributed by atoms with Gasteiger partial charge >= 0.3 is 5.97 Å². The predicted octanol–water partition coefficient (Wildman–Crippen LogP) is 1.01. The molecule has 17 heavy (non-hydrogen) atoms. The number of carbonyl (C=O) groups is 3. The fraction of sp³-hybridized carbons (Fsp3) is 0.750. The van der Waals surface area contributed by atoms with Crippen molar-refractivity contribution in [2.24, 2.45) is 0 Å². The number of ether oxygens (including phenoxy) is 1. The summed E-state index contributed by atoms with van der Waals surface area (Å²) in [7, 11) is 0. The third kappa shape index (κ3) is 2.48. The highest BCUT2D eigenvalue weighted by Gasteiger charge is 2.44. The molecular formula is C12H17NO4. The van der Waals surface area contributed by atoms with Gasteiger partial charge in [0.15, 0.2) is 6.10 Å². The van der Waals surface area contributed by atoms with Crippen LogP contribution >= 0.6 is 0 Å². The Morgan fingerprint density at radius 3 is 2.47 bits per heavy atom. The summed E-state index contributed by atoms with van der Waals surface area (Å²) in [5.74, 6) is -1.05. The quantitative estimate of drug-likeness (QED) is 0.533. The van der Waals surface area contributed by atoms with Gasteiger partial charge in [0.2, 0.25) is 5.91 Å². The number of rotatable bonds is 2. The Kier molecular flexibility index (Phi) is 3.45. The summed E-state index contributed by atoms with van der Waals surface area (Å²) in [6, 6.07) is 0.0179. The maximum absolute atomic E-state index is 12.0. The monoisotopic (exact) mass is 239 g/mol. The van der Waals surface area contributed by atoms with Crippen molar-refractivity contribution in [1.29, 1.82) is 0 Å². The van der Waals surface area contributed by atoms with Crippen LogP contribution in [0.5, 0.6) is 0 Å². The molecule has 1 atom stereocenters.